The molecule has 1 heterocycles. The highest BCUT2D eigenvalue weighted by molar-refractivity contribution is 9.10. The Morgan fingerprint density at radius 3 is 3.00 bits per heavy atom. The highest BCUT2D eigenvalue weighted by Gasteiger charge is 2.03. The molecule has 1 rings (SSSR count). The van der Waals surface area contributed by atoms with Gasteiger partial charge >= 0.3 is 0 Å². The van der Waals surface area contributed by atoms with Crippen LogP contribution in [-0.2, 0) is 6.54 Å². The zero-order valence-corrected chi connectivity index (χ0v) is 12.0. The predicted molar refractivity (Wildman–Crippen MR) is 71.7 cm³/mol. The maximum Gasteiger partial charge on any atom is 0.107 e. The van der Waals surface area contributed by atoms with Crippen LogP contribution in [0.25, 0.3) is 0 Å². The predicted octanol–water partition coefficient (Wildman–Crippen LogP) is 4.01. The summed E-state index contributed by atoms with van der Waals surface area (Å²) in [5.41, 5.74) is 0. The molecule has 1 nitrogen and oxygen atoms in total. The number of thioether (sulfide) groups is 1. The van der Waals surface area contributed by atoms with E-state index in [2.05, 4.69) is 33.6 Å². The Hall–Kier alpha value is 0.780. The molecule has 0 bridgehead atoms. The smallest absolute Gasteiger partial charge is 0.107 e. The number of halogens is 2. The summed E-state index contributed by atoms with van der Waals surface area (Å²) in [6.45, 7) is 2.00. The van der Waals surface area contributed by atoms with Crippen LogP contribution in [-0.4, -0.2) is 18.6 Å². The Morgan fingerprint density at radius 1 is 1.64 bits per heavy atom. The van der Waals surface area contributed by atoms with E-state index in [0.717, 1.165) is 21.9 Å². The van der Waals surface area contributed by atoms with Crippen LogP contribution in [0.1, 0.15) is 11.3 Å². The van der Waals surface area contributed by atoms with Crippen molar-refractivity contribution in [2.24, 2.45) is 0 Å². The van der Waals surface area contributed by atoms with E-state index in [9.17, 15) is 0 Å². The first-order valence-electron chi connectivity index (χ1n) is 4.37. The van der Waals surface area contributed by atoms with Crippen molar-refractivity contribution >= 4 is 50.6 Å². The molecular weight excluding hydrogens is 302 g/mol. The van der Waals surface area contributed by atoms with Crippen molar-refractivity contribution < 1.29 is 0 Å². The van der Waals surface area contributed by atoms with Crippen LogP contribution in [0.15, 0.2) is 10.5 Å². The van der Waals surface area contributed by atoms with Crippen molar-refractivity contribution in [1.82, 2.24) is 5.32 Å². The van der Waals surface area contributed by atoms with Gasteiger partial charge in [0.15, 0.2) is 0 Å². The number of hydrogen-bond acceptors (Lipinski definition) is 3. The summed E-state index contributed by atoms with van der Waals surface area (Å²) in [5, 5.41) is 3.39. The van der Waals surface area contributed by atoms with E-state index in [0.29, 0.717) is 0 Å². The van der Waals surface area contributed by atoms with E-state index in [1.165, 1.54) is 17.1 Å². The normalized spacial score (nSPS) is 10.8. The fraction of sp³-hybridized carbons (Fsp3) is 0.556. The van der Waals surface area contributed by atoms with Crippen molar-refractivity contribution in [2.45, 2.75) is 13.0 Å². The molecule has 1 aromatic rings. The van der Waals surface area contributed by atoms with E-state index in [1.807, 2.05) is 11.8 Å². The molecule has 0 aliphatic carbocycles. The van der Waals surface area contributed by atoms with E-state index in [-0.39, 0.29) is 0 Å². The maximum absolute atomic E-state index is 5.93. The highest BCUT2D eigenvalue weighted by Crippen LogP contribution is 2.31. The van der Waals surface area contributed by atoms with E-state index >= 15 is 0 Å². The average molecular weight is 315 g/mol. The summed E-state index contributed by atoms with van der Waals surface area (Å²) >= 11 is 12.8. The quantitative estimate of drug-likeness (QED) is 0.796. The summed E-state index contributed by atoms with van der Waals surface area (Å²) in [6.07, 6.45) is 3.36. The lowest BCUT2D eigenvalue weighted by atomic mass is 10.4. The molecule has 0 saturated carbocycles. The fourth-order valence-electron chi connectivity index (χ4n) is 1.03. The first-order chi connectivity index (χ1) is 6.74. The van der Waals surface area contributed by atoms with Gasteiger partial charge in [0.25, 0.3) is 0 Å². The summed E-state index contributed by atoms with van der Waals surface area (Å²) in [6, 6.07) is 2.08. The first-order valence-corrected chi connectivity index (χ1v) is 7.75. The number of thiophene rings is 1. The summed E-state index contributed by atoms with van der Waals surface area (Å²) in [5.74, 6) is 1.22. The minimum absolute atomic E-state index is 0.839. The van der Waals surface area contributed by atoms with Crippen LogP contribution in [0.2, 0.25) is 4.34 Å². The third-order valence-electron chi connectivity index (χ3n) is 1.70. The van der Waals surface area contributed by atoms with Gasteiger partial charge in [-0.1, -0.05) is 11.6 Å². The minimum atomic E-state index is 0.839. The maximum atomic E-state index is 5.93. The third-order valence-corrected chi connectivity index (χ3v) is 4.87. The largest absolute Gasteiger partial charge is 0.312 e. The molecule has 0 spiro atoms. The summed E-state index contributed by atoms with van der Waals surface area (Å²) in [4.78, 5) is 1.28. The van der Waals surface area contributed by atoms with Gasteiger partial charge in [-0.25, -0.2) is 0 Å². The Labute approximate surface area is 107 Å². The van der Waals surface area contributed by atoms with Crippen molar-refractivity contribution in [3.8, 4) is 0 Å². The molecule has 0 saturated heterocycles. The van der Waals surface area contributed by atoms with Gasteiger partial charge in [-0.05, 0) is 47.0 Å². The van der Waals surface area contributed by atoms with Crippen molar-refractivity contribution in [3.05, 3.63) is 19.8 Å². The minimum Gasteiger partial charge on any atom is -0.312 e. The second-order valence-electron chi connectivity index (χ2n) is 2.86. The third kappa shape index (κ3) is 4.53. The summed E-state index contributed by atoms with van der Waals surface area (Å²) in [7, 11) is 0. The molecular formula is C9H13BrClNS2. The van der Waals surface area contributed by atoms with Crippen molar-refractivity contribution in [3.63, 3.8) is 0 Å². The van der Waals surface area contributed by atoms with Crippen LogP contribution < -0.4 is 5.32 Å². The SMILES string of the molecule is CSCCCNCc1cc(Br)c(Cl)s1. The van der Waals surface area contributed by atoms with Crippen LogP contribution >= 0.6 is 50.6 Å². The molecule has 1 N–H and O–H groups in total. The van der Waals surface area contributed by atoms with Gasteiger partial charge < -0.3 is 5.32 Å². The van der Waals surface area contributed by atoms with Gasteiger partial charge in [0.1, 0.15) is 4.34 Å². The highest BCUT2D eigenvalue weighted by atomic mass is 79.9. The van der Waals surface area contributed by atoms with Crippen molar-refractivity contribution in [2.75, 3.05) is 18.6 Å². The van der Waals surface area contributed by atoms with Gasteiger partial charge in [0.05, 0.1) is 0 Å². The number of rotatable bonds is 6. The molecule has 0 aliphatic rings. The second kappa shape index (κ2) is 7.12. The zero-order valence-electron chi connectivity index (χ0n) is 7.98. The van der Waals surface area contributed by atoms with Gasteiger partial charge in [-0.2, -0.15) is 11.8 Å². The molecule has 0 aliphatic heterocycles. The second-order valence-corrected chi connectivity index (χ2v) is 6.44. The van der Waals surface area contributed by atoms with Crippen LogP contribution in [0.5, 0.6) is 0 Å². The van der Waals surface area contributed by atoms with Crippen molar-refractivity contribution in [1.29, 1.82) is 0 Å². The average Bonchev–Trinajstić information content (AvgIpc) is 2.46. The van der Waals surface area contributed by atoms with Gasteiger partial charge in [0, 0.05) is 15.9 Å². The lowest BCUT2D eigenvalue weighted by Crippen LogP contribution is -2.14. The Morgan fingerprint density at radius 2 is 2.43 bits per heavy atom. The number of hydrogen-bond donors (Lipinski definition) is 1. The lowest BCUT2D eigenvalue weighted by molar-refractivity contribution is 0.685. The van der Waals surface area contributed by atoms with E-state index in [1.54, 1.807) is 11.3 Å². The Bertz CT molecular complexity index is 258. The monoisotopic (exact) mass is 313 g/mol. The molecule has 0 amide bonds. The van der Waals surface area contributed by atoms with Gasteiger partial charge in [0.2, 0.25) is 0 Å². The molecule has 0 atom stereocenters. The molecule has 0 radical (unpaired) electrons. The van der Waals surface area contributed by atoms with Crippen LogP contribution in [0, 0.1) is 0 Å². The molecule has 1 aromatic heterocycles. The number of nitrogens with one attached hydrogen (secondary N) is 1. The molecule has 80 valence electrons. The van der Waals surface area contributed by atoms with E-state index < -0.39 is 0 Å². The van der Waals surface area contributed by atoms with Gasteiger partial charge in [-0.15, -0.1) is 11.3 Å². The topological polar surface area (TPSA) is 12.0 Å². The van der Waals surface area contributed by atoms with E-state index in [4.69, 9.17) is 11.6 Å². The Kier molecular flexibility index (Phi) is 6.53. The fourth-order valence-corrected chi connectivity index (χ4v) is 3.22. The molecule has 0 unspecified atom stereocenters. The lowest BCUT2D eigenvalue weighted by Gasteiger charge is -2.00. The molecule has 0 fully saturated rings. The Balaban J connectivity index is 2.18. The zero-order chi connectivity index (χ0) is 10.4. The summed E-state index contributed by atoms with van der Waals surface area (Å²) < 4.78 is 1.84. The molecule has 0 aromatic carbocycles. The van der Waals surface area contributed by atoms with Crippen LogP contribution in [0.4, 0.5) is 0 Å². The standard InChI is InChI=1S/C9H13BrClNS2/c1-13-4-2-3-12-6-7-5-8(10)9(11)14-7/h5,12H,2-4,6H2,1H3. The van der Waals surface area contributed by atoms with Gasteiger partial charge in [-0.3, -0.25) is 0 Å². The van der Waals surface area contributed by atoms with Crippen LogP contribution in [0.3, 0.4) is 0 Å². The molecule has 5 heteroatoms. The first kappa shape index (κ1) is 12.8. The molecule has 14 heavy (non-hydrogen) atoms.